The van der Waals surface area contributed by atoms with Crippen LogP contribution in [-0.2, 0) is 10.5 Å². The van der Waals surface area contributed by atoms with Crippen LogP contribution in [0.3, 0.4) is 0 Å². The first-order chi connectivity index (χ1) is 14.2. The number of carbonyl (C=O) groups is 1. The largest absolute Gasteiger partial charge is 0.484 e. The summed E-state index contributed by atoms with van der Waals surface area (Å²) in [5.41, 5.74) is 4.20. The van der Waals surface area contributed by atoms with Crippen LogP contribution in [0.2, 0.25) is 5.02 Å². The standard InChI is InChI=1S/C22H21ClN2O2S2/c1-2-28-15-19-12-13-20(29-19)22(16-8-10-17(23)11-9-16)25-24-21(26)14-27-18-6-4-3-5-7-18/h3-13H,2,14-15H2,1H3,(H,24,26). The molecule has 4 nitrogen and oxygen atoms in total. The van der Waals surface area contributed by atoms with E-state index in [0.29, 0.717) is 16.5 Å². The maximum atomic E-state index is 12.2. The molecule has 0 bridgehead atoms. The predicted molar refractivity (Wildman–Crippen MR) is 123 cm³/mol. The lowest BCUT2D eigenvalue weighted by molar-refractivity contribution is -0.123. The van der Waals surface area contributed by atoms with E-state index in [9.17, 15) is 4.79 Å². The molecule has 0 aliphatic carbocycles. The Kier molecular flexibility index (Phi) is 8.16. The molecular weight excluding hydrogens is 424 g/mol. The van der Waals surface area contributed by atoms with Crippen LogP contribution in [0.4, 0.5) is 0 Å². The number of thiophene rings is 1. The lowest BCUT2D eigenvalue weighted by Gasteiger charge is -2.07. The minimum atomic E-state index is -0.321. The molecule has 150 valence electrons. The Labute approximate surface area is 183 Å². The lowest BCUT2D eigenvalue weighted by Crippen LogP contribution is -2.26. The van der Waals surface area contributed by atoms with Gasteiger partial charge >= 0.3 is 0 Å². The maximum Gasteiger partial charge on any atom is 0.277 e. The van der Waals surface area contributed by atoms with E-state index >= 15 is 0 Å². The minimum Gasteiger partial charge on any atom is -0.484 e. The van der Waals surface area contributed by atoms with E-state index in [-0.39, 0.29) is 12.5 Å². The normalized spacial score (nSPS) is 11.3. The number of hydrazone groups is 1. The van der Waals surface area contributed by atoms with Crippen molar-refractivity contribution in [2.75, 3.05) is 12.4 Å². The fourth-order valence-corrected chi connectivity index (χ4v) is 4.40. The third-order valence-corrected chi connectivity index (χ3v) is 6.32. The highest BCUT2D eigenvalue weighted by Crippen LogP contribution is 2.25. The molecular formula is C22H21ClN2O2S2. The van der Waals surface area contributed by atoms with Gasteiger partial charge in [0.05, 0.1) is 4.88 Å². The van der Waals surface area contributed by atoms with E-state index in [1.165, 1.54) is 4.88 Å². The Morgan fingerprint density at radius 1 is 1.10 bits per heavy atom. The van der Waals surface area contributed by atoms with Crippen LogP contribution >= 0.6 is 34.7 Å². The number of hydrogen-bond acceptors (Lipinski definition) is 5. The van der Waals surface area contributed by atoms with Crippen LogP contribution in [0.25, 0.3) is 0 Å². The van der Waals surface area contributed by atoms with E-state index in [2.05, 4.69) is 23.5 Å². The molecule has 0 radical (unpaired) electrons. The molecule has 0 spiro atoms. The Morgan fingerprint density at radius 2 is 1.86 bits per heavy atom. The predicted octanol–water partition coefficient (Wildman–Crippen LogP) is 5.60. The number of ether oxygens (including phenoxy) is 1. The minimum absolute atomic E-state index is 0.107. The number of amides is 1. The molecule has 1 N–H and O–H groups in total. The van der Waals surface area contributed by atoms with Crippen LogP contribution in [-0.4, -0.2) is 24.0 Å². The summed E-state index contributed by atoms with van der Waals surface area (Å²) >= 11 is 9.57. The zero-order chi connectivity index (χ0) is 20.5. The van der Waals surface area contributed by atoms with Gasteiger partial charge in [0, 0.05) is 21.2 Å². The molecule has 3 aromatic rings. The topological polar surface area (TPSA) is 50.7 Å². The van der Waals surface area contributed by atoms with Crippen molar-refractivity contribution in [3.8, 4) is 5.75 Å². The van der Waals surface area contributed by atoms with Gasteiger partial charge in [0.25, 0.3) is 5.91 Å². The van der Waals surface area contributed by atoms with Crippen molar-refractivity contribution >= 4 is 46.3 Å². The molecule has 0 saturated carbocycles. The molecule has 0 aliphatic heterocycles. The SMILES string of the molecule is CCSCc1ccc(C(=NNC(=O)COc2ccccc2)c2ccc(Cl)cc2)s1. The van der Waals surface area contributed by atoms with Crippen LogP contribution in [0, 0.1) is 0 Å². The highest BCUT2D eigenvalue weighted by molar-refractivity contribution is 7.98. The third kappa shape index (κ3) is 6.63. The fraction of sp³-hybridized carbons (Fsp3) is 0.182. The summed E-state index contributed by atoms with van der Waals surface area (Å²) in [7, 11) is 0. The van der Waals surface area contributed by atoms with Crippen molar-refractivity contribution in [1.82, 2.24) is 5.43 Å². The van der Waals surface area contributed by atoms with Crippen molar-refractivity contribution in [2.24, 2.45) is 5.10 Å². The molecule has 1 aromatic heterocycles. The van der Waals surface area contributed by atoms with Gasteiger partial charge in [-0.05, 0) is 42.2 Å². The first-order valence-electron chi connectivity index (χ1n) is 9.13. The van der Waals surface area contributed by atoms with Crippen molar-refractivity contribution in [1.29, 1.82) is 0 Å². The first-order valence-corrected chi connectivity index (χ1v) is 11.5. The van der Waals surface area contributed by atoms with E-state index in [1.807, 2.05) is 60.3 Å². The second-order valence-corrected chi connectivity index (χ2v) is 8.89. The molecule has 0 saturated heterocycles. The second-order valence-electron chi connectivity index (χ2n) is 6.01. The van der Waals surface area contributed by atoms with Gasteiger partial charge in [0.15, 0.2) is 6.61 Å². The summed E-state index contributed by atoms with van der Waals surface area (Å²) in [6.07, 6.45) is 0. The molecule has 0 aliphatic rings. The van der Waals surface area contributed by atoms with Gasteiger partial charge in [0.2, 0.25) is 0 Å². The number of benzene rings is 2. The molecule has 29 heavy (non-hydrogen) atoms. The van der Waals surface area contributed by atoms with Crippen molar-refractivity contribution in [3.05, 3.63) is 87.1 Å². The zero-order valence-electron chi connectivity index (χ0n) is 15.9. The Hall–Kier alpha value is -2.28. The maximum absolute atomic E-state index is 12.2. The van der Waals surface area contributed by atoms with Crippen LogP contribution in [0.5, 0.6) is 5.75 Å². The molecule has 1 amide bonds. The van der Waals surface area contributed by atoms with Gasteiger partial charge in [-0.15, -0.1) is 11.3 Å². The number of halogens is 1. The van der Waals surface area contributed by atoms with Gasteiger partial charge in [0.1, 0.15) is 11.5 Å². The molecule has 1 heterocycles. The number of nitrogens with zero attached hydrogens (tertiary/aromatic N) is 1. The molecule has 3 rings (SSSR count). The summed E-state index contributed by atoms with van der Waals surface area (Å²) in [6, 6.07) is 20.8. The van der Waals surface area contributed by atoms with E-state index in [1.54, 1.807) is 23.5 Å². The van der Waals surface area contributed by atoms with Crippen LogP contribution < -0.4 is 10.2 Å². The van der Waals surface area contributed by atoms with E-state index in [0.717, 1.165) is 21.9 Å². The lowest BCUT2D eigenvalue weighted by atomic mass is 10.1. The van der Waals surface area contributed by atoms with Crippen molar-refractivity contribution < 1.29 is 9.53 Å². The zero-order valence-corrected chi connectivity index (χ0v) is 18.3. The fourth-order valence-electron chi connectivity index (χ4n) is 2.47. The highest BCUT2D eigenvalue weighted by Gasteiger charge is 2.12. The Balaban J connectivity index is 1.74. The molecule has 0 unspecified atom stereocenters. The average Bonchev–Trinajstić information content (AvgIpc) is 3.21. The number of para-hydroxylation sites is 1. The van der Waals surface area contributed by atoms with E-state index in [4.69, 9.17) is 16.3 Å². The summed E-state index contributed by atoms with van der Waals surface area (Å²) in [6.45, 7) is 2.04. The first kappa shape index (κ1) is 21.4. The molecule has 7 heteroatoms. The van der Waals surface area contributed by atoms with Gasteiger partial charge in [-0.2, -0.15) is 16.9 Å². The molecule has 2 aromatic carbocycles. The summed E-state index contributed by atoms with van der Waals surface area (Å²) < 4.78 is 5.48. The number of carbonyl (C=O) groups excluding carboxylic acids is 1. The van der Waals surface area contributed by atoms with Crippen molar-refractivity contribution in [3.63, 3.8) is 0 Å². The number of nitrogens with one attached hydrogen (secondary N) is 1. The Morgan fingerprint density at radius 3 is 2.59 bits per heavy atom. The van der Waals surface area contributed by atoms with Crippen molar-refractivity contribution in [2.45, 2.75) is 12.7 Å². The molecule has 0 atom stereocenters. The van der Waals surface area contributed by atoms with E-state index < -0.39 is 0 Å². The smallest absolute Gasteiger partial charge is 0.277 e. The van der Waals surface area contributed by atoms with Crippen LogP contribution in [0.1, 0.15) is 22.2 Å². The highest BCUT2D eigenvalue weighted by atomic mass is 35.5. The second kappa shape index (κ2) is 11.0. The number of hydrogen-bond donors (Lipinski definition) is 1. The summed E-state index contributed by atoms with van der Waals surface area (Å²) in [5, 5.41) is 5.05. The summed E-state index contributed by atoms with van der Waals surface area (Å²) in [5.74, 6) is 2.36. The van der Waals surface area contributed by atoms with Gasteiger partial charge in [-0.1, -0.05) is 48.9 Å². The van der Waals surface area contributed by atoms with Crippen LogP contribution in [0.15, 0.2) is 71.8 Å². The average molecular weight is 445 g/mol. The summed E-state index contributed by atoms with van der Waals surface area (Å²) in [4.78, 5) is 14.5. The monoisotopic (exact) mass is 444 g/mol. The Bertz CT molecular complexity index is 956. The van der Waals surface area contributed by atoms with Gasteiger partial charge < -0.3 is 4.74 Å². The van der Waals surface area contributed by atoms with Gasteiger partial charge in [-0.3, -0.25) is 4.79 Å². The third-order valence-electron chi connectivity index (χ3n) is 3.87. The number of rotatable bonds is 9. The quantitative estimate of drug-likeness (QED) is 0.345. The molecule has 0 fully saturated rings. The number of thioether (sulfide) groups is 1. The van der Waals surface area contributed by atoms with Gasteiger partial charge in [-0.25, -0.2) is 5.43 Å².